The Balaban J connectivity index is 3.02. The predicted molar refractivity (Wildman–Crippen MR) is 65.5 cm³/mol. The van der Waals surface area contributed by atoms with Crippen LogP contribution in [0, 0.1) is 0 Å². The topological polar surface area (TPSA) is 37.3 Å². The third-order valence-corrected chi connectivity index (χ3v) is 2.53. The van der Waals surface area contributed by atoms with Gasteiger partial charge < -0.3 is 5.11 Å². The van der Waals surface area contributed by atoms with E-state index < -0.39 is 5.97 Å². The van der Waals surface area contributed by atoms with Gasteiger partial charge in [0.15, 0.2) is 0 Å². The van der Waals surface area contributed by atoms with Crippen LogP contribution in [-0.2, 0) is 0 Å². The van der Waals surface area contributed by atoms with Gasteiger partial charge in [-0.05, 0) is 30.2 Å². The number of benzene rings is 1. The maximum atomic E-state index is 10.9. The number of carbonyl (C=O) groups is 1. The molecule has 1 aromatic carbocycles. The van der Waals surface area contributed by atoms with Crippen molar-refractivity contribution in [1.82, 2.24) is 0 Å². The Morgan fingerprint density at radius 1 is 1.53 bits per heavy atom. The highest BCUT2D eigenvalue weighted by Crippen LogP contribution is 2.18. The lowest BCUT2D eigenvalue weighted by molar-refractivity contribution is 0.0696. The standard InChI is InChI=1S/C11H10BrClO2/c12-9-4-5-10(11(14)15)8(7-9)3-1-2-6-13/h1,3-5,7H,2,6H2,(H,14,15). The van der Waals surface area contributed by atoms with E-state index >= 15 is 0 Å². The molecule has 0 amide bonds. The summed E-state index contributed by atoms with van der Waals surface area (Å²) in [6.45, 7) is 0. The summed E-state index contributed by atoms with van der Waals surface area (Å²) >= 11 is 8.83. The van der Waals surface area contributed by atoms with E-state index in [9.17, 15) is 4.79 Å². The molecular weight excluding hydrogens is 279 g/mol. The van der Waals surface area contributed by atoms with Crippen molar-refractivity contribution in [3.05, 3.63) is 39.9 Å². The number of carboxylic acid groups (broad SMARTS) is 1. The van der Waals surface area contributed by atoms with E-state index in [-0.39, 0.29) is 0 Å². The molecule has 0 spiro atoms. The minimum atomic E-state index is -0.923. The van der Waals surface area contributed by atoms with Crippen LogP contribution in [0.1, 0.15) is 22.3 Å². The maximum absolute atomic E-state index is 10.9. The normalized spacial score (nSPS) is 10.8. The fraction of sp³-hybridized carbons (Fsp3) is 0.182. The zero-order valence-corrected chi connectivity index (χ0v) is 10.3. The molecule has 0 aliphatic heterocycles. The Morgan fingerprint density at radius 2 is 2.27 bits per heavy atom. The van der Waals surface area contributed by atoms with E-state index in [0.29, 0.717) is 17.0 Å². The number of halogens is 2. The first-order valence-electron chi connectivity index (χ1n) is 4.40. The summed E-state index contributed by atoms with van der Waals surface area (Å²) in [7, 11) is 0. The van der Waals surface area contributed by atoms with Crippen molar-refractivity contribution >= 4 is 39.6 Å². The van der Waals surface area contributed by atoms with Crippen LogP contribution in [0.5, 0.6) is 0 Å². The first-order chi connectivity index (χ1) is 7.15. The van der Waals surface area contributed by atoms with E-state index in [1.807, 2.05) is 6.08 Å². The largest absolute Gasteiger partial charge is 0.478 e. The van der Waals surface area contributed by atoms with Crippen molar-refractivity contribution in [1.29, 1.82) is 0 Å². The van der Waals surface area contributed by atoms with Crippen molar-refractivity contribution in [2.75, 3.05) is 5.88 Å². The molecule has 4 heteroatoms. The number of aromatic carboxylic acids is 1. The third kappa shape index (κ3) is 3.68. The Morgan fingerprint density at radius 3 is 2.87 bits per heavy atom. The molecule has 1 aromatic rings. The number of rotatable bonds is 4. The van der Waals surface area contributed by atoms with Crippen LogP contribution in [0.15, 0.2) is 28.7 Å². The molecule has 1 N–H and O–H groups in total. The van der Waals surface area contributed by atoms with Crippen molar-refractivity contribution < 1.29 is 9.90 Å². The van der Waals surface area contributed by atoms with Crippen LogP contribution in [0.25, 0.3) is 6.08 Å². The zero-order valence-electron chi connectivity index (χ0n) is 7.91. The molecule has 2 nitrogen and oxygen atoms in total. The van der Waals surface area contributed by atoms with Gasteiger partial charge in [0.2, 0.25) is 0 Å². The molecule has 0 aliphatic carbocycles. The minimum Gasteiger partial charge on any atom is -0.478 e. The van der Waals surface area contributed by atoms with Crippen molar-refractivity contribution in [2.45, 2.75) is 6.42 Å². The highest BCUT2D eigenvalue weighted by Gasteiger charge is 2.07. The minimum absolute atomic E-state index is 0.295. The van der Waals surface area contributed by atoms with Gasteiger partial charge in [-0.15, -0.1) is 11.6 Å². The van der Waals surface area contributed by atoms with Crippen LogP contribution >= 0.6 is 27.5 Å². The fourth-order valence-electron chi connectivity index (χ4n) is 1.14. The number of allylic oxidation sites excluding steroid dienone is 1. The Kier molecular flexibility index (Phi) is 4.85. The quantitative estimate of drug-likeness (QED) is 0.856. The molecule has 0 bridgehead atoms. The lowest BCUT2D eigenvalue weighted by atomic mass is 10.1. The van der Waals surface area contributed by atoms with E-state index in [2.05, 4.69) is 15.9 Å². The molecule has 15 heavy (non-hydrogen) atoms. The van der Waals surface area contributed by atoms with Crippen molar-refractivity contribution in [2.24, 2.45) is 0 Å². The average molecular weight is 290 g/mol. The second kappa shape index (κ2) is 5.93. The zero-order chi connectivity index (χ0) is 11.3. The molecule has 80 valence electrons. The van der Waals surface area contributed by atoms with Crippen molar-refractivity contribution in [3.63, 3.8) is 0 Å². The smallest absolute Gasteiger partial charge is 0.336 e. The van der Waals surface area contributed by atoms with Crippen molar-refractivity contribution in [3.8, 4) is 0 Å². The average Bonchev–Trinajstić information content (AvgIpc) is 2.18. The van der Waals surface area contributed by atoms with E-state index in [1.165, 1.54) is 0 Å². The summed E-state index contributed by atoms with van der Waals surface area (Å²) in [6.07, 6.45) is 4.37. The third-order valence-electron chi connectivity index (χ3n) is 1.82. The second-order valence-corrected chi connectivity index (χ2v) is 4.21. The van der Waals surface area contributed by atoms with E-state index in [1.54, 1.807) is 24.3 Å². The lowest BCUT2D eigenvalue weighted by Gasteiger charge is -2.01. The van der Waals surface area contributed by atoms with Gasteiger partial charge in [0, 0.05) is 10.4 Å². The summed E-state index contributed by atoms with van der Waals surface area (Å²) in [5, 5.41) is 8.94. The summed E-state index contributed by atoms with van der Waals surface area (Å²) in [5.74, 6) is -0.388. The van der Waals surface area contributed by atoms with Gasteiger partial charge in [-0.2, -0.15) is 0 Å². The Labute approximate surface area is 102 Å². The van der Waals surface area contributed by atoms with Crippen LogP contribution in [-0.4, -0.2) is 17.0 Å². The van der Waals surface area contributed by atoms with Gasteiger partial charge in [0.1, 0.15) is 0 Å². The van der Waals surface area contributed by atoms with Gasteiger partial charge in [-0.25, -0.2) is 4.79 Å². The fourth-order valence-corrected chi connectivity index (χ4v) is 1.64. The van der Waals surface area contributed by atoms with E-state index in [0.717, 1.165) is 10.9 Å². The Hall–Kier alpha value is -0.800. The lowest BCUT2D eigenvalue weighted by Crippen LogP contribution is -1.99. The molecule has 0 heterocycles. The molecular formula is C11H10BrClO2. The molecule has 0 atom stereocenters. The van der Waals surface area contributed by atoms with Gasteiger partial charge in [0.05, 0.1) is 5.56 Å². The second-order valence-electron chi connectivity index (χ2n) is 2.92. The summed E-state index contributed by atoms with van der Waals surface area (Å²) in [4.78, 5) is 10.9. The highest BCUT2D eigenvalue weighted by atomic mass is 79.9. The predicted octanol–water partition coefficient (Wildman–Crippen LogP) is 3.79. The summed E-state index contributed by atoms with van der Waals surface area (Å²) in [6, 6.07) is 5.06. The number of carboxylic acids is 1. The molecule has 0 unspecified atom stereocenters. The highest BCUT2D eigenvalue weighted by molar-refractivity contribution is 9.10. The first kappa shape index (κ1) is 12.3. The van der Waals surface area contributed by atoms with Gasteiger partial charge in [0.25, 0.3) is 0 Å². The molecule has 0 saturated carbocycles. The Bertz CT molecular complexity index is 388. The number of alkyl halides is 1. The van der Waals surface area contributed by atoms with Crippen LogP contribution in [0.4, 0.5) is 0 Å². The monoisotopic (exact) mass is 288 g/mol. The molecule has 0 aliphatic rings. The summed E-state index contributed by atoms with van der Waals surface area (Å²) < 4.78 is 0.859. The van der Waals surface area contributed by atoms with Crippen LogP contribution in [0.3, 0.4) is 0 Å². The van der Waals surface area contributed by atoms with Crippen LogP contribution < -0.4 is 0 Å². The molecule has 1 rings (SSSR count). The first-order valence-corrected chi connectivity index (χ1v) is 5.73. The molecule has 0 radical (unpaired) electrons. The maximum Gasteiger partial charge on any atom is 0.336 e. The molecule has 0 saturated heterocycles. The molecule has 0 fully saturated rings. The SMILES string of the molecule is O=C(O)c1ccc(Br)cc1C=CCCCl. The number of hydrogen-bond donors (Lipinski definition) is 1. The van der Waals surface area contributed by atoms with Crippen LogP contribution in [0.2, 0.25) is 0 Å². The number of hydrogen-bond acceptors (Lipinski definition) is 1. The summed E-state index contributed by atoms with van der Waals surface area (Å²) in [5.41, 5.74) is 0.978. The van der Waals surface area contributed by atoms with Gasteiger partial charge in [-0.3, -0.25) is 0 Å². The van der Waals surface area contributed by atoms with Gasteiger partial charge in [-0.1, -0.05) is 28.1 Å². The van der Waals surface area contributed by atoms with Gasteiger partial charge >= 0.3 is 5.97 Å². The van der Waals surface area contributed by atoms with E-state index in [4.69, 9.17) is 16.7 Å². The molecule has 0 aromatic heterocycles.